The molecule has 0 aromatic carbocycles. The fourth-order valence-electron chi connectivity index (χ4n) is 3.65. The molecule has 24 heavy (non-hydrogen) atoms. The maximum Gasteiger partial charge on any atom is 0.251 e. The summed E-state index contributed by atoms with van der Waals surface area (Å²) in [5, 5.41) is 6.91. The van der Waals surface area contributed by atoms with Crippen LogP contribution in [0, 0.1) is 5.92 Å². The number of H-pyrrole nitrogens is 1. The topological polar surface area (TPSA) is 67.5 Å². The Morgan fingerprint density at radius 2 is 2.33 bits per heavy atom. The van der Waals surface area contributed by atoms with Crippen molar-refractivity contribution in [2.75, 3.05) is 26.3 Å². The van der Waals surface area contributed by atoms with Gasteiger partial charge in [0.25, 0.3) is 5.91 Å². The Kier molecular flexibility index (Phi) is 5.89. The normalized spacial score (nSPS) is 26.0. The molecule has 6 nitrogen and oxygen atoms in total. The second-order valence-electron chi connectivity index (χ2n) is 7.29. The van der Waals surface area contributed by atoms with Crippen LogP contribution in [-0.4, -0.2) is 59.5 Å². The van der Waals surface area contributed by atoms with E-state index in [1.54, 1.807) is 0 Å². The zero-order valence-electron chi connectivity index (χ0n) is 14.7. The van der Waals surface area contributed by atoms with Crippen LogP contribution in [0.15, 0.2) is 12.4 Å². The van der Waals surface area contributed by atoms with Crippen molar-refractivity contribution in [3.63, 3.8) is 0 Å². The molecule has 3 rings (SSSR count). The van der Waals surface area contributed by atoms with Crippen molar-refractivity contribution in [1.82, 2.24) is 15.1 Å². The lowest BCUT2D eigenvalue weighted by molar-refractivity contribution is -0.150. The number of rotatable bonds is 6. The zero-order valence-corrected chi connectivity index (χ0v) is 14.7. The minimum Gasteiger partial charge on any atom is -0.376 e. The second-order valence-corrected chi connectivity index (χ2v) is 7.29. The Hall–Kier alpha value is -1.40. The summed E-state index contributed by atoms with van der Waals surface area (Å²) in [6.45, 7) is 7.01. The third-order valence-electron chi connectivity index (χ3n) is 5.06. The number of hydrogen-bond acceptors (Lipinski definition) is 4. The van der Waals surface area contributed by atoms with Gasteiger partial charge in [-0.15, -0.1) is 0 Å². The average molecular weight is 335 g/mol. The van der Waals surface area contributed by atoms with Crippen molar-refractivity contribution in [2.45, 2.75) is 57.7 Å². The number of nitrogens with one attached hydrogen (secondary N) is 1. The molecule has 1 N–H and O–H groups in total. The summed E-state index contributed by atoms with van der Waals surface area (Å²) in [6, 6.07) is 0. The van der Waals surface area contributed by atoms with Gasteiger partial charge in [-0.3, -0.25) is 9.89 Å². The van der Waals surface area contributed by atoms with Gasteiger partial charge < -0.3 is 14.4 Å². The van der Waals surface area contributed by atoms with Gasteiger partial charge in [-0.2, -0.15) is 5.10 Å². The van der Waals surface area contributed by atoms with E-state index >= 15 is 0 Å². The molecule has 3 heterocycles. The highest BCUT2D eigenvalue weighted by atomic mass is 16.5. The van der Waals surface area contributed by atoms with Crippen LogP contribution in [0.4, 0.5) is 0 Å². The summed E-state index contributed by atoms with van der Waals surface area (Å²) >= 11 is 0. The molecule has 134 valence electrons. The Bertz CT molecular complexity index is 512. The van der Waals surface area contributed by atoms with E-state index < -0.39 is 0 Å². The van der Waals surface area contributed by atoms with E-state index in [0.717, 1.165) is 45.4 Å². The molecule has 3 atom stereocenters. The number of nitrogens with zero attached hydrogens (tertiary/aromatic N) is 2. The molecule has 2 saturated heterocycles. The Morgan fingerprint density at radius 1 is 1.46 bits per heavy atom. The third-order valence-corrected chi connectivity index (χ3v) is 5.06. The molecule has 1 aromatic heterocycles. The minimum absolute atomic E-state index is 0.121. The van der Waals surface area contributed by atoms with E-state index in [0.29, 0.717) is 12.5 Å². The van der Waals surface area contributed by atoms with Crippen LogP contribution in [0.1, 0.15) is 51.0 Å². The molecule has 6 heteroatoms. The first-order chi connectivity index (χ1) is 11.6. The molecule has 1 amide bonds. The van der Waals surface area contributed by atoms with Gasteiger partial charge in [0.2, 0.25) is 0 Å². The number of aromatic nitrogens is 2. The third kappa shape index (κ3) is 4.16. The monoisotopic (exact) mass is 335 g/mol. The fourth-order valence-corrected chi connectivity index (χ4v) is 3.65. The van der Waals surface area contributed by atoms with Crippen LogP contribution in [0.25, 0.3) is 0 Å². The first-order valence-electron chi connectivity index (χ1n) is 9.16. The van der Waals surface area contributed by atoms with E-state index in [-0.39, 0.29) is 24.0 Å². The highest BCUT2D eigenvalue weighted by Gasteiger charge is 2.32. The lowest BCUT2D eigenvalue weighted by Crippen LogP contribution is -2.47. The summed E-state index contributed by atoms with van der Waals surface area (Å²) in [7, 11) is 0. The first kappa shape index (κ1) is 17.4. The van der Waals surface area contributed by atoms with Gasteiger partial charge in [0.1, 0.15) is 6.10 Å². The van der Waals surface area contributed by atoms with Crippen LogP contribution in [0.3, 0.4) is 0 Å². The standard InChI is InChI=1S/C18H29N3O3/c1-13(2)17(24-12-16-6-4-8-23-16)18(22)21-7-3-5-14(11-21)15-9-19-20-10-15/h9-10,13-14,16-17H,3-8,11-12H2,1-2H3,(H,19,20)/t14-,16+,17+/m1/s1. The van der Waals surface area contributed by atoms with Crippen LogP contribution < -0.4 is 0 Å². The van der Waals surface area contributed by atoms with Crippen molar-refractivity contribution >= 4 is 5.91 Å². The van der Waals surface area contributed by atoms with Gasteiger partial charge in [-0.1, -0.05) is 13.8 Å². The van der Waals surface area contributed by atoms with Gasteiger partial charge in [-0.25, -0.2) is 0 Å². The molecule has 0 bridgehead atoms. The van der Waals surface area contributed by atoms with E-state index in [2.05, 4.69) is 24.0 Å². The van der Waals surface area contributed by atoms with Crippen molar-refractivity contribution in [3.05, 3.63) is 18.0 Å². The Balaban J connectivity index is 1.58. The number of likely N-dealkylation sites (tertiary alicyclic amines) is 1. The van der Waals surface area contributed by atoms with Crippen molar-refractivity contribution < 1.29 is 14.3 Å². The predicted octanol–water partition coefficient (Wildman–Crippen LogP) is 2.34. The molecule has 0 spiro atoms. The number of amides is 1. The van der Waals surface area contributed by atoms with Crippen molar-refractivity contribution in [1.29, 1.82) is 0 Å². The maximum atomic E-state index is 13.0. The van der Waals surface area contributed by atoms with Crippen molar-refractivity contribution in [2.24, 2.45) is 5.92 Å². The number of ether oxygens (including phenoxy) is 2. The molecule has 0 unspecified atom stereocenters. The summed E-state index contributed by atoms with van der Waals surface area (Å²) in [6.07, 6.45) is 7.83. The fraction of sp³-hybridized carbons (Fsp3) is 0.778. The van der Waals surface area contributed by atoms with Gasteiger partial charge in [0.15, 0.2) is 0 Å². The number of aromatic amines is 1. The molecule has 2 aliphatic rings. The number of carbonyl (C=O) groups excluding carboxylic acids is 1. The van der Waals surface area contributed by atoms with Crippen LogP contribution >= 0.6 is 0 Å². The smallest absolute Gasteiger partial charge is 0.251 e. The van der Waals surface area contributed by atoms with E-state index in [9.17, 15) is 4.79 Å². The Labute approximate surface area is 143 Å². The largest absolute Gasteiger partial charge is 0.376 e. The Morgan fingerprint density at radius 3 is 3.00 bits per heavy atom. The zero-order chi connectivity index (χ0) is 16.9. The lowest BCUT2D eigenvalue weighted by Gasteiger charge is -2.35. The lowest BCUT2D eigenvalue weighted by atomic mass is 9.92. The molecule has 2 fully saturated rings. The first-order valence-corrected chi connectivity index (χ1v) is 9.16. The van der Waals surface area contributed by atoms with Gasteiger partial charge in [0.05, 0.1) is 18.9 Å². The van der Waals surface area contributed by atoms with Gasteiger partial charge in [0, 0.05) is 31.8 Å². The molecule has 0 saturated carbocycles. The van der Waals surface area contributed by atoms with Crippen LogP contribution in [0.5, 0.6) is 0 Å². The van der Waals surface area contributed by atoms with Crippen LogP contribution in [0.2, 0.25) is 0 Å². The molecular weight excluding hydrogens is 306 g/mol. The summed E-state index contributed by atoms with van der Waals surface area (Å²) in [4.78, 5) is 15.0. The van der Waals surface area contributed by atoms with Crippen LogP contribution in [-0.2, 0) is 14.3 Å². The van der Waals surface area contributed by atoms with E-state index in [1.807, 2.05) is 17.3 Å². The summed E-state index contributed by atoms with van der Waals surface area (Å²) in [5.41, 5.74) is 1.19. The SMILES string of the molecule is CC(C)[C@H](OC[C@@H]1CCCO1)C(=O)N1CCC[C@@H](c2cn[nH]c2)C1. The van der Waals surface area contributed by atoms with Gasteiger partial charge >= 0.3 is 0 Å². The molecule has 0 radical (unpaired) electrons. The van der Waals surface area contributed by atoms with E-state index in [1.165, 1.54) is 5.56 Å². The van der Waals surface area contributed by atoms with Crippen molar-refractivity contribution in [3.8, 4) is 0 Å². The second kappa shape index (κ2) is 8.12. The number of carbonyl (C=O) groups is 1. The number of piperidine rings is 1. The highest BCUT2D eigenvalue weighted by molar-refractivity contribution is 5.81. The number of hydrogen-bond donors (Lipinski definition) is 1. The summed E-state index contributed by atoms with van der Waals surface area (Å²) in [5.74, 6) is 0.650. The van der Waals surface area contributed by atoms with E-state index in [4.69, 9.17) is 9.47 Å². The molecular formula is C18H29N3O3. The highest BCUT2D eigenvalue weighted by Crippen LogP contribution is 2.27. The molecule has 2 aliphatic heterocycles. The molecule has 1 aromatic rings. The summed E-state index contributed by atoms with van der Waals surface area (Å²) < 4.78 is 11.6. The minimum atomic E-state index is -0.378. The maximum absolute atomic E-state index is 13.0. The van der Waals surface area contributed by atoms with Gasteiger partial charge in [-0.05, 0) is 37.2 Å². The predicted molar refractivity (Wildman–Crippen MR) is 90.7 cm³/mol. The average Bonchev–Trinajstić information content (AvgIpc) is 3.28. The quantitative estimate of drug-likeness (QED) is 0.866. The molecule has 0 aliphatic carbocycles.